The Bertz CT molecular complexity index is 306. The molecule has 1 saturated carbocycles. The molecule has 0 aromatic carbocycles. The van der Waals surface area contributed by atoms with Gasteiger partial charge in [0.05, 0.1) is 5.92 Å². The molecule has 2 nitrogen and oxygen atoms in total. The Hall–Kier alpha value is -0.290. The lowest BCUT2D eigenvalue weighted by atomic mass is 9.81. The van der Waals surface area contributed by atoms with Crippen LogP contribution in [0.4, 0.5) is 13.2 Å². The topological polar surface area (TPSA) is 15.3 Å². The van der Waals surface area contributed by atoms with Crippen molar-refractivity contribution in [3.63, 3.8) is 0 Å². The molecule has 1 aliphatic heterocycles. The molecule has 2 aliphatic rings. The Morgan fingerprint density at radius 1 is 1.20 bits per heavy atom. The van der Waals surface area contributed by atoms with Gasteiger partial charge in [-0.25, -0.2) is 0 Å². The predicted octanol–water partition coefficient (Wildman–Crippen LogP) is 3.43. The van der Waals surface area contributed by atoms with Gasteiger partial charge in [-0.1, -0.05) is 13.8 Å². The Morgan fingerprint density at radius 3 is 2.60 bits per heavy atom. The van der Waals surface area contributed by atoms with Gasteiger partial charge >= 0.3 is 6.18 Å². The van der Waals surface area contributed by atoms with Crippen molar-refractivity contribution in [3.05, 3.63) is 0 Å². The van der Waals surface area contributed by atoms with Crippen LogP contribution in [-0.2, 0) is 0 Å². The van der Waals surface area contributed by atoms with Crippen LogP contribution < -0.4 is 5.32 Å². The maximum absolute atomic E-state index is 13.0. The highest BCUT2D eigenvalue weighted by atomic mass is 19.4. The first-order chi connectivity index (χ1) is 9.41. The highest BCUT2D eigenvalue weighted by Crippen LogP contribution is 2.36. The summed E-state index contributed by atoms with van der Waals surface area (Å²) >= 11 is 0. The van der Waals surface area contributed by atoms with Crippen LogP contribution in [0, 0.1) is 11.8 Å². The minimum Gasteiger partial charge on any atom is -0.313 e. The molecule has 20 heavy (non-hydrogen) atoms. The molecule has 1 N–H and O–H groups in total. The third-order valence-electron chi connectivity index (χ3n) is 4.93. The summed E-state index contributed by atoms with van der Waals surface area (Å²) in [4.78, 5) is 2.12. The highest BCUT2D eigenvalue weighted by Gasteiger charge is 2.44. The molecule has 0 bridgehead atoms. The first-order valence-electron chi connectivity index (χ1n) is 7.96. The molecule has 0 radical (unpaired) electrons. The van der Waals surface area contributed by atoms with Crippen molar-refractivity contribution in [2.45, 2.75) is 64.2 Å². The number of hydrogen-bond donors (Lipinski definition) is 1. The van der Waals surface area contributed by atoms with E-state index < -0.39 is 12.1 Å². The molecule has 118 valence electrons. The molecule has 0 aromatic rings. The Labute approximate surface area is 120 Å². The van der Waals surface area contributed by atoms with Gasteiger partial charge in [0.1, 0.15) is 0 Å². The molecule has 5 heteroatoms. The molecule has 2 fully saturated rings. The van der Waals surface area contributed by atoms with Crippen LogP contribution in [0.15, 0.2) is 0 Å². The minimum atomic E-state index is -4.04. The average Bonchev–Trinajstić information content (AvgIpc) is 2.40. The van der Waals surface area contributed by atoms with Crippen molar-refractivity contribution < 1.29 is 13.2 Å². The van der Waals surface area contributed by atoms with E-state index in [1.807, 2.05) is 0 Å². The molecule has 4 unspecified atom stereocenters. The van der Waals surface area contributed by atoms with E-state index in [0.29, 0.717) is 24.8 Å². The minimum absolute atomic E-state index is 0.197. The van der Waals surface area contributed by atoms with E-state index in [9.17, 15) is 13.2 Å². The first kappa shape index (κ1) is 16.1. The van der Waals surface area contributed by atoms with E-state index in [-0.39, 0.29) is 12.6 Å². The quantitative estimate of drug-likeness (QED) is 0.857. The van der Waals surface area contributed by atoms with Gasteiger partial charge in [0.15, 0.2) is 0 Å². The smallest absolute Gasteiger partial charge is 0.313 e. The maximum atomic E-state index is 13.0. The summed E-state index contributed by atoms with van der Waals surface area (Å²) in [5.41, 5.74) is 0. The fraction of sp³-hybridized carbons (Fsp3) is 1.00. The standard InChI is InChI=1S/C15H27F3N2/c1-3-19-13-7-6-11(2)9-14(13)20-8-4-5-12(10-20)15(16,17)18/h11-14,19H,3-10H2,1-2H3. The summed E-state index contributed by atoms with van der Waals surface area (Å²) < 4.78 is 38.9. The van der Waals surface area contributed by atoms with Gasteiger partial charge in [0.25, 0.3) is 0 Å². The van der Waals surface area contributed by atoms with Crippen LogP contribution in [0.3, 0.4) is 0 Å². The number of likely N-dealkylation sites (N-methyl/N-ethyl adjacent to an activating group) is 1. The second-order valence-electron chi connectivity index (χ2n) is 6.53. The van der Waals surface area contributed by atoms with Gasteiger partial charge in [0, 0.05) is 18.6 Å². The van der Waals surface area contributed by atoms with Gasteiger partial charge in [-0.3, -0.25) is 4.90 Å². The van der Waals surface area contributed by atoms with Gasteiger partial charge in [-0.15, -0.1) is 0 Å². The third-order valence-corrected chi connectivity index (χ3v) is 4.93. The van der Waals surface area contributed by atoms with Crippen LogP contribution in [0.5, 0.6) is 0 Å². The zero-order chi connectivity index (χ0) is 14.8. The van der Waals surface area contributed by atoms with E-state index in [1.54, 1.807) is 0 Å². The zero-order valence-corrected chi connectivity index (χ0v) is 12.5. The number of nitrogens with zero attached hydrogens (tertiary/aromatic N) is 1. The molecular weight excluding hydrogens is 265 g/mol. The van der Waals surface area contributed by atoms with Gasteiger partial charge < -0.3 is 5.32 Å². The molecule has 4 atom stereocenters. The van der Waals surface area contributed by atoms with Crippen molar-refractivity contribution >= 4 is 0 Å². The Balaban J connectivity index is 2.02. The summed E-state index contributed by atoms with van der Waals surface area (Å²) in [6.45, 7) is 6.21. The van der Waals surface area contributed by atoms with Gasteiger partial charge in [-0.05, 0) is 51.1 Å². The summed E-state index contributed by atoms with van der Waals surface area (Å²) in [6.07, 6.45) is 0.245. The molecule has 0 aromatic heterocycles. The molecule has 0 spiro atoms. The van der Waals surface area contributed by atoms with Crippen molar-refractivity contribution in [1.82, 2.24) is 10.2 Å². The molecule has 0 amide bonds. The molecular formula is C15H27F3N2. The third kappa shape index (κ3) is 3.88. The Morgan fingerprint density at radius 2 is 1.95 bits per heavy atom. The van der Waals surface area contributed by atoms with E-state index in [4.69, 9.17) is 0 Å². The van der Waals surface area contributed by atoms with E-state index in [2.05, 4.69) is 24.1 Å². The Kier molecular flexibility index (Phi) is 5.35. The van der Waals surface area contributed by atoms with E-state index >= 15 is 0 Å². The fourth-order valence-electron chi connectivity index (χ4n) is 3.83. The maximum Gasteiger partial charge on any atom is 0.393 e. The van der Waals surface area contributed by atoms with Crippen molar-refractivity contribution in [2.75, 3.05) is 19.6 Å². The number of alkyl halides is 3. The number of piperidine rings is 1. The lowest BCUT2D eigenvalue weighted by Crippen LogP contribution is -2.56. The van der Waals surface area contributed by atoms with E-state index in [1.165, 1.54) is 6.42 Å². The zero-order valence-electron chi connectivity index (χ0n) is 12.5. The summed E-state index contributed by atoms with van der Waals surface area (Å²) in [5.74, 6) is -0.503. The van der Waals surface area contributed by atoms with Crippen LogP contribution >= 0.6 is 0 Å². The predicted molar refractivity (Wildman–Crippen MR) is 74.6 cm³/mol. The van der Waals surface area contributed by atoms with Gasteiger partial charge in [0.2, 0.25) is 0 Å². The number of halogens is 3. The number of nitrogens with one attached hydrogen (secondary N) is 1. The molecule has 1 heterocycles. The van der Waals surface area contributed by atoms with Crippen LogP contribution in [0.2, 0.25) is 0 Å². The van der Waals surface area contributed by atoms with Crippen LogP contribution in [0.1, 0.15) is 46.0 Å². The SMILES string of the molecule is CCNC1CCC(C)CC1N1CCCC(C(F)(F)F)C1. The second-order valence-corrected chi connectivity index (χ2v) is 6.53. The van der Waals surface area contributed by atoms with E-state index in [0.717, 1.165) is 25.9 Å². The number of rotatable bonds is 3. The van der Waals surface area contributed by atoms with Crippen molar-refractivity contribution in [1.29, 1.82) is 0 Å². The average molecular weight is 292 g/mol. The van der Waals surface area contributed by atoms with Crippen molar-refractivity contribution in [3.8, 4) is 0 Å². The van der Waals surface area contributed by atoms with Crippen molar-refractivity contribution in [2.24, 2.45) is 11.8 Å². The summed E-state index contributed by atoms with van der Waals surface area (Å²) in [7, 11) is 0. The molecule has 1 aliphatic carbocycles. The lowest BCUT2D eigenvalue weighted by molar-refractivity contribution is -0.189. The second kappa shape index (κ2) is 6.65. The summed E-state index contributed by atoms with van der Waals surface area (Å²) in [5, 5.41) is 3.48. The largest absolute Gasteiger partial charge is 0.393 e. The molecule has 1 saturated heterocycles. The monoisotopic (exact) mass is 292 g/mol. The molecule has 2 rings (SSSR count). The fourth-order valence-corrected chi connectivity index (χ4v) is 3.83. The van der Waals surface area contributed by atoms with Crippen LogP contribution in [-0.4, -0.2) is 42.8 Å². The summed E-state index contributed by atoms with van der Waals surface area (Å²) in [6, 6.07) is 0.645. The normalized spacial score (nSPS) is 37.0. The van der Waals surface area contributed by atoms with Gasteiger partial charge in [-0.2, -0.15) is 13.2 Å². The number of likely N-dealkylation sites (tertiary alicyclic amines) is 1. The first-order valence-corrected chi connectivity index (χ1v) is 7.96. The van der Waals surface area contributed by atoms with Crippen LogP contribution in [0.25, 0.3) is 0 Å². The number of hydrogen-bond acceptors (Lipinski definition) is 2. The highest BCUT2D eigenvalue weighted by molar-refractivity contribution is 4.92. The lowest BCUT2D eigenvalue weighted by Gasteiger charge is -2.45.